The van der Waals surface area contributed by atoms with Crippen LogP contribution in [0.15, 0.2) is 47.6 Å². The predicted molar refractivity (Wildman–Crippen MR) is 149 cm³/mol. The molecule has 0 aromatic rings. The molecule has 40 heavy (non-hydrogen) atoms. The molecule has 2 fully saturated rings. The van der Waals surface area contributed by atoms with E-state index in [-0.39, 0.29) is 12.8 Å². The van der Waals surface area contributed by atoms with Crippen molar-refractivity contribution in [1.82, 2.24) is 0 Å². The Labute approximate surface area is 236 Å². The average Bonchev–Trinajstić information content (AvgIpc) is 3.31. The van der Waals surface area contributed by atoms with Crippen molar-refractivity contribution in [3.05, 3.63) is 47.6 Å². The maximum absolute atomic E-state index is 13.2. The van der Waals surface area contributed by atoms with Gasteiger partial charge < -0.3 is 24.8 Å². The first-order valence-corrected chi connectivity index (χ1v) is 14.4. The molecular formula is C32H44O8. The highest BCUT2D eigenvalue weighted by Gasteiger charge is 2.87. The normalized spacial score (nSPS) is 39.6. The van der Waals surface area contributed by atoms with Crippen LogP contribution in [-0.4, -0.2) is 62.6 Å². The molecule has 0 amide bonds. The molecule has 8 nitrogen and oxygen atoms in total. The van der Waals surface area contributed by atoms with Crippen molar-refractivity contribution in [2.24, 2.45) is 29.1 Å². The van der Waals surface area contributed by atoms with Crippen LogP contribution in [0.5, 0.6) is 0 Å². The summed E-state index contributed by atoms with van der Waals surface area (Å²) in [6, 6.07) is 0. The van der Waals surface area contributed by atoms with Crippen LogP contribution in [0, 0.1) is 29.1 Å². The molecular weight excluding hydrogens is 512 g/mol. The third kappa shape index (κ3) is 4.43. The van der Waals surface area contributed by atoms with Gasteiger partial charge in [0, 0.05) is 48.9 Å². The van der Waals surface area contributed by atoms with Gasteiger partial charge in [-0.25, -0.2) is 0 Å². The Kier molecular flexibility index (Phi) is 8.13. The number of aliphatic hydroxyl groups is 3. The summed E-state index contributed by atoms with van der Waals surface area (Å²) in [6.45, 7) is 10.2. The van der Waals surface area contributed by atoms with Crippen molar-refractivity contribution < 1.29 is 39.2 Å². The Balaban J connectivity index is 1.74. The quantitative estimate of drug-likeness (QED) is 0.222. The summed E-state index contributed by atoms with van der Waals surface area (Å²) in [5.74, 6) is -4.50. The van der Waals surface area contributed by atoms with Crippen molar-refractivity contribution in [3.8, 4) is 0 Å². The standard InChI is InChI=1S/C32H44O8/c1-7-8-9-10-11-12-13-14-25(35)39-28-20(3)31(38)23(26-29(5,6)32(26,28)40-21(4)34)16-22(18-33)17-30(37)24(31)15-19(2)27(30)36/h9-12,15-16,20,23-24,26,28,33,37-38H,7-8,13-14,17-18H2,1-6H3/b10-9-,12-11-/t20-,23+,24-,26-,28-,30-,31-,32-/m1/s1. The summed E-state index contributed by atoms with van der Waals surface area (Å²) in [4.78, 5) is 38.8. The molecule has 3 N–H and O–H groups in total. The molecule has 0 aromatic carbocycles. The van der Waals surface area contributed by atoms with Crippen LogP contribution < -0.4 is 0 Å². The molecule has 2 saturated carbocycles. The second-order valence-corrected chi connectivity index (χ2v) is 12.6. The number of hydrogen-bond donors (Lipinski definition) is 3. The van der Waals surface area contributed by atoms with Gasteiger partial charge in [-0.05, 0) is 30.9 Å². The van der Waals surface area contributed by atoms with Gasteiger partial charge in [-0.3, -0.25) is 14.4 Å². The van der Waals surface area contributed by atoms with Gasteiger partial charge in [-0.15, -0.1) is 0 Å². The van der Waals surface area contributed by atoms with Gasteiger partial charge in [0.2, 0.25) is 0 Å². The molecule has 8 heteroatoms. The Morgan fingerprint density at radius 3 is 2.38 bits per heavy atom. The van der Waals surface area contributed by atoms with Crippen LogP contribution in [0.4, 0.5) is 0 Å². The fourth-order valence-electron chi connectivity index (χ4n) is 7.98. The Morgan fingerprint density at radius 2 is 1.77 bits per heavy atom. The lowest BCUT2D eigenvalue weighted by atomic mass is 9.59. The van der Waals surface area contributed by atoms with E-state index >= 15 is 0 Å². The number of hydrogen-bond acceptors (Lipinski definition) is 8. The van der Waals surface area contributed by atoms with E-state index in [1.54, 1.807) is 26.0 Å². The van der Waals surface area contributed by atoms with Crippen LogP contribution in [0.2, 0.25) is 0 Å². The lowest BCUT2D eigenvalue weighted by Crippen LogP contribution is -2.66. The molecule has 0 bridgehead atoms. The molecule has 0 unspecified atom stereocenters. The van der Waals surface area contributed by atoms with Crippen LogP contribution >= 0.6 is 0 Å². The number of Topliss-reactive ketones (excluding diaryl/α,β-unsaturated/α-hetero) is 1. The largest absolute Gasteiger partial charge is 0.458 e. The third-order valence-electron chi connectivity index (χ3n) is 9.88. The zero-order valence-electron chi connectivity index (χ0n) is 24.5. The van der Waals surface area contributed by atoms with Crippen LogP contribution in [0.25, 0.3) is 0 Å². The summed E-state index contributed by atoms with van der Waals surface area (Å²) in [6.07, 6.45) is 12.6. The first-order valence-electron chi connectivity index (χ1n) is 14.4. The van der Waals surface area contributed by atoms with E-state index in [0.717, 1.165) is 12.8 Å². The van der Waals surface area contributed by atoms with E-state index in [9.17, 15) is 29.7 Å². The molecule has 0 aliphatic heterocycles. The number of fused-ring (bicyclic) bond motifs is 5. The fourth-order valence-corrected chi connectivity index (χ4v) is 7.98. The van der Waals surface area contributed by atoms with Gasteiger partial charge >= 0.3 is 11.9 Å². The maximum atomic E-state index is 13.2. The molecule has 0 spiro atoms. The molecule has 0 saturated heterocycles. The zero-order chi connectivity index (χ0) is 29.7. The van der Waals surface area contributed by atoms with E-state index < -0.39 is 76.3 Å². The van der Waals surface area contributed by atoms with Gasteiger partial charge in [-0.1, -0.05) is 70.6 Å². The van der Waals surface area contributed by atoms with Gasteiger partial charge in [0.05, 0.1) is 12.2 Å². The maximum Gasteiger partial charge on any atom is 0.306 e. The van der Waals surface area contributed by atoms with E-state index in [1.165, 1.54) is 6.92 Å². The molecule has 4 aliphatic carbocycles. The average molecular weight is 557 g/mol. The monoisotopic (exact) mass is 556 g/mol. The second-order valence-electron chi connectivity index (χ2n) is 12.6. The Hall–Kier alpha value is -2.55. The van der Waals surface area contributed by atoms with Crippen molar-refractivity contribution in [2.45, 2.75) is 96.6 Å². The fraction of sp³-hybridized carbons (Fsp3) is 0.656. The molecule has 4 aliphatic rings. The summed E-state index contributed by atoms with van der Waals surface area (Å²) in [7, 11) is 0. The number of ether oxygens (including phenoxy) is 2. The minimum Gasteiger partial charge on any atom is -0.458 e. The lowest BCUT2D eigenvalue weighted by molar-refractivity contribution is -0.228. The molecule has 8 atom stereocenters. The number of allylic oxidation sites excluding steroid dienone is 4. The number of carbonyl (C=O) groups excluding carboxylic acids is 3. The summed E-state index contributed by atoms with van der Waals surface area (Å²) >= 11 is 0. The van der Waals surface area contributed by atoms with E-state index in [0.29, 0.717) is 17.6 Å². The van der Waals surface area contributed by atoms with Gasteiger partial charge in [-0.2, -0.15) is 0 Å². The highest BCUT2D eigenvalue weighted by atomic mass is 16.6. The minimum absolute atomic E-state index is 0.101. The highest BCUT2D eigenvalue weighted by molar-refractivity contribution is 6.04. The van der Waals surface area contributed by atoms with Crippen molar-refractivity contribution in [1.29, 1.82) is 0 Å². The van der Waals surface area contributed by atoms with Gasteiger partial charge in [0.1, 0.15) is 11.7 Å². The predicted octanol–water partition coefficient (Wildman–Crippen LogP) is 3.74. The highest BCUT2D eigenvalue weighted by Crippen LogP contribution is 2.77. The smallest absolute Gasteiger partial charge is 0.306 e. The Morgan fingerprint density at radius 1 is 1.12 bits per heavy atom. The number of unbranched alkanes of at least 4 members (excludes halogenated alkanes) is 1. The number of ketones is 1. The van der Waals surface area contributed by atoms with Crippen LogP contribution in [0.3, 0.4) is 0 Å². The molecule has 220 valence electrons. The third-order valence-corrected chi connectivity index (χ3v) is 9.88. The summed E-state index contributed by atoms with van der Waals surface area (Å²) in [5, 5.41) is 34.6. The summed E-state index contributed by atoms with van der Waals surface area (Å²) < 4.78 is 12.1. The minimum atomic E-state index is -1.94. The van der Waals surface area contributed by atoms with Crippen molar-refractivity contribution in [3.63, 3.8) is 0 Å². The SMILES string of the molecule is CCC/C=C\C=C/CCC(=O)O[C@@H]1[C@@H](C)[C@@]2(O)[C@@H](C=C(CO)C[C@]3(O)C(=O)C(C)=C[C@@H]23)[C@@H]2C(C)(C)[C@]12OC(C)=O. The lowest BCUT2D eigenvalue weighted by Gasteiger charge is -2.53. The number of aliphatic hydroxyl groups excluding tert-OH is 1. The molecule has 0 radical (unpaired) electrons. The zero-order valence-corrected chi connectivity index (χ0v) is 24.5. The van der Waals surface area contributed by atoms with Crippen molar-refractivity contribution in [2.75, 3.05) is 6.61 Å². The number of rotatable bonds is 9. The first-order chi connectivity index (χ1) is 18.7. The second kappa shape index (κ2) is 10.7. The van der Waals surface area contributed by atoms with E-state index in [1.807, 2.05) is 32.1 Å². The number of carbonyl (C=O) groups is 3. The molecule has 0 heterocycles. The van der Waals surface area contributed by atoms with Gasteiger partial charge in [0.15, 0.2) is 11.4 Å². The Bertz CT molecular complexity index is 1180. The van der Waals surface area contributed by atoms with Crippen LogP contribution in [0.1, 0.15) is 73.6 Å². The van der Waals surface area contributed by atoms with E-state index in [2.05, 4.69) is 13.0 Å². The van der Waals surface area contributed by atoms with Gasteiger partial charge in [0.25, 0.3) is 0 Å². The summed E-state index contributed by atoms with van der Waals surface area (Å²) in [5.41, 5.74) is -4.82. The molecule has 4 rings (SSSR count). The first kappa shape index (κ1) is 30.4. The van der Waals surface area contributed by atoms with Crippen LogP contribution in [-0.2, 0) is 23.9 Å². The number of esters is 2. The van der Waals surface area contributed by atoms with Crippen molar-refractivity contribution >= 4 is 17.7 Å². The molecule has 0 aromatic heterocycles. The van der Waals surface area contributed by atoms with E-state index in [4.69, 9.17) is 9.47 Å². The topological polar surface area (TPSA) is 130 Å².